The van der Waals surface area contributed by atoms with Crippen LogP contribution in [0.2, 0.25) is 0 Å². The molecule has 0 heterocycles. The smallest absolute Gasteiger partial charge is 0.254 e. The van der Waals surface area contributed by atoms with Gasteiger partial charge < -0.3 is 4.90 Å². The Hall–Kier alpha value is -1.40. The molecule has 0 radical (unpaired) electrons. The molecule has 1 aromatic carbocycles. The Balaban J connectivity index is 3.27. The average Bonchev–Trinajstić information content (AvgIpc) is 2.28. The molecule has 0 aromatic heterocycles. The summed E-state index contributed by atoms with van der Waals surface area (Å²) in [6, 6.07) is 4.62. The summed E-state index contributed by atoms with van der Waals surface area (Å²) in [5, 5.41) is 5.14. The van der Waals surface area contributed by atoms with Crippen molar-refractivity contribution in [1.82, 2.24) is 4.90 Å². The summed E-state index contributed by atoms with van der Waals surface area (Å²) in [5.74, 6) is -0.192. The molecule has 1 aromatic rings. The lowest BCUT2D eigenvalue weighted by Gasteiger charge is -2.25. The highest BCUT2D eigenvalue weighted by molar-refractivity contribution is 7.89. The fourth-order valence-corrected chi connectivity index (χ4v) is 2.76. The number of primary sulfonamides is 1. The van der Waals surface area contributed by atoms with Gasteiger partial charge >= 0.3 is 0 Å². The highest BCUT2D eigenvalue weighted by atomic mass is 32.2. The van der Waals surface area contributed by atoms with Gasteiger partial charge in [0.05, 0.1) is 4.90 Å². The molecule has 0 saturated heterocycles. The van der Waals surface area contributed by atoms with Gasteiger partial charge in [-0.05, 0) is 45.4 Å². The van der Waals surface area contributed by atoms with Crippen LogP contribution in [0.4, 0.5) is 0 Å². The van der Waals surface area contributed by atoms with Gasteiger partial charge in [-0.2, -0.15) is 0 Å². The van der Waals surface area contributed by atoms with E-state index in [1.165, 1.54) is 6.07 Å². The minimum atomic E-state index is -3.81. The van der Waals surface area contributed by atoms with Crippen LogP contribution in [0.3, 0.4) is 0 Å². The highest BCUT2D eigenvalue weighted by Crippen LogP contribution is 2.17. The molecule has 0 aliphatic rings. The maximum Gasteiger partial charge on any atom is 0.254 e. The van der Waals surface area contributed by atoms with Crippen LogP contribution in [0.25, 0.3) is 0 Å². The molecule has 5 nitrogen and oxygen atoms in total. The fourth-order valence-electron chi connectivity index (χ4n) is 1.95. The van der Waals surface area contributed by atoms with Crippen LogP contribution in [0.1, 0.15) is 36.7 Å². The van der Waals surface area contributed by atoms with E-state index in [9.17, 15) is 13.2 Å². The second-order valence-electron chi connectivity index (χ2n) is 4.71. The van der Waals surface area contributed by atoms with E-state index in [2.05, 4.69) is 0 Å². The molecule has 19 heavy (non-hydrogen) atoms. The number of benzene rings is 1. The van der Waals surface area contributed by atoms with Gasteiger partial charge in [-0.15, -0.1) is 0 Å². The van der Waals surface area contributed by atoms with Crippen molar-refractivity contribution in [3.63, 3.8) is 0 Å². The molecule has 0 aliphatic heterocycles. The third-order valence-corrected chi connectivity index (χ3v) is 4.02. The van der Waals surface area contributed by atoms with E-state index in [0.29, 0.717) is 17.7 Å². The maximum atomic E-state index is 12.3. The lowest BCUT2D eigenvalue weighted by atomic mass is 10.1. The van der Waals surface area contributed by atoms with Crippen molar-refractivity contribution >= 4 is 15.9 Å². The van der Waals surface area contributed by atoms with Crippen LogP contribution < -0.4 is 5.14 Å². The van der Waals surface area contributed by atoms with Crippen LogP contribution in [0, 0.1) is 6.92 Å². The molecule has 2 N–H and O–H groups in total. The molecule has 0 spiro atoms. The number of amides is 1. The number of hydrogen-bond donors (Lipinski definition) is 1. The number of sulfonamides is 1. The molecule has 0 fully saturated rings. The van der Waals surface area contributed by atoms with Gasteiger partial charge in [-0.3, -0.25) is 4.79 Å². The van der Waals surface area contributed by atoms with E-state index in [0.717, 1.165) is 0 Å². The normalized spacial score (nSPS) is 11.7. The van der Waals surface area contributed by atoms with Gasteiger partial charge in [-0.25, -0.2) is 13.6 Å². The zero-order chi connectivity index (χ0) is 14.8. The van der Waals surface area contributed by atoms with Gasteiger partial charge in [0, 0.05) is 18.2 Å². The lowest BCUT2D eigenvalue weighted by molar-refractivity contribution is 0.0716. The quantitative estimate of drug-likeness (QED) is 0.910. The number of nitrogens with zero attached hydrogens (tertiary/aromatic N) is 1. The van der Waals surface area contributed by atoms with Crippen molar-refractivity contribution in [3.8, 4) is 0 Å². The molecule has 0 aliphatic carbocycles. The lowest BCUT2D eigenvalue weighted by Crippen LogP contribution is -2.36. The largest absolute Gasteiger partial charge is 0.337 e. The number of nitrogens with two attached hydrogens (primary N) is 1. The molecule has 0 atom stereocenters. The number of carbonyl (C=O) groups is 1. The van der Waals surface area contributed by atoms with Crippen LogP contribution in [-0.4, -0.2) is 31.8 Å². The Kier molecular flexibility index (Phi) is 4.70. The van der Waals surface area contributed by atoms with E-state index in [-0.39, 0.29) is 16.8 Å². The van der Waals surface area contributed by atoms with Gasteiger partial charge in [-0.1, -0.05) is 6.07 Å². The summed E-state index contributed by atoms with van der Waals surface area (Å²) in [6.45, 7) is 7.92. The molecule has 106 valence electrons. The monoisotopic (exact) mass is 284 g/mol. The Morgan fingerprint density at radius 1 is 1.37 bits per heavy atom. The van der Waals surface area contributed by atoms with Crippen molar-refractivity contribution in [1.29, 1.82) is 0 Å². The van der Waals surface area contributed by atoms with E-state index < -0.39 is 10.0 Å². The van der Waals surface area contributed by atoms with Crippen LogP contribution in [0.15, 0.2) is 23.1 Å². The summed E-state index contributed by atoms with van der Waals surface area (Å²) in [4.78, 5) is 14.0. The SMILES string of the molecule is CCN(C(=O)c1ccc(C)c(S(N)(=O)=O)c1)C(C)C. The predicted molar refractivity (Wildman–Crippen MR) is 74.4 cm³/mol. The van der Waals surface area contributed by atoms with E-state index in [1.807, 2.05) is 20.8 Å². The van der Waals surface area contributed by atoms with Gasteiger partial charge in [0.2, 0.25) is 10.0 Å². The second-order valence-corrected chi connectivity index (χ2v) is 6.24. The van der Waals surface area contributed by atoms with Crippen molar-refractivity contribution in [2.45, 2.75) is 38.6 Å². The molecule has 0 unspecified atom stereocenters. The van der Waals surface area contributed by atoms with Gasteiger partial charge in [0.15, 0.2) is 0 Å². The van der Waals surface area contributed by atoms with Crippen molar-refractivity contribution < 1.29 is 13.2 Å². The number of rotatable bonds is 4. The summed E-state index contributed by atoms with van der Waals surface area (Å²) >= 11 is 0. The summed E-state index contributed by atoms with van der Waals surface area (Å²) in [7, 11) is -3.81. The van der Waals surface area contributed by atoms with Gasteiger partial charge in [0.25, 0.3) is 5.91 Å². The van der Waals surface area contributed by atoms with Gasteiger partial charge in [0.1, 0.15) is 0 Å². The summed E-state index contributed by atoms with van der Waals surface area (Å²) in [6.07, 6.45) is 0. The summed E-state index contributed by atoms with van der Waals surface area (Å²) in [5.41, 5.74) is 0.872. The molecular weight excluding hydrogens is 264 g/mol. The first kappa shape index (κ1) is 15.7. The van der Waals surface area contributed by atoms with Crippen LogP contribution >= 0.6 is 0 Å². The van der Waals surface area contributed by atoms with E-state index in [1.54, 1.807) is 24.0 Å². The Bertz CT molecular complexity index is 580. The topological polar surface area (TPSA) is 80.5 Å². The average molecular weight is 284 g/mol. The third kappa shape index (κ3) is 3.54. The first-order chi connectivity index (χ1) is 8.68. The minimum absolute atomic E-state index is 0.00170. The summed E-state index contributed by atoms with van der Waals surface area (Å²) < 4.78 is 22.9. The van der Waals surface area contributed by atoms with E-state index in [4.69, 9.17) is 5.14 Å². The van der Waals surface area contributed by atoms with Crippen molar-refractivity contribution in [2.24, 2.45) is 5.14 Å². The number of hydrogen-bond acceptors (Lipinski definition) is 3. The first-order valence-electron chi connectivity index (χ1n) is 6.13. The second kappa shape index (κ2) is 5.71. The molecule has 0 saturated carbocycles. The fraction of sp³-hybridized carbons (Fsp3) is 0.462. The van der Waals surface area contributed by atoms with E-state index >= 15 is 0 Å². The molecule has 6 heteroatoms. The Labute approximate surface area is 114 Å². The molecule has 1 amide bonds. The van der Waals surface area contributed by atoms with Crippen molar-refractivity contribution in [2.75, 3.05) is 6.54 Å². The minimum Gasteiger partial charge on any atom is -0.337 e. The van der Waals surface area contributed by atoms with Crippen LogP contribution in [-0.2, 0) is 10.0 Å². The van der Waals surface area contributed by atoms with Crippen LogP contribution in [0.5, 0.6) is 0 Å². The standard InChI is InChI=1S/C13H20N2O3S/c1-5-15(9(2)3)13(16)11-7-6-10(4)12(8-11)19(14,17)18/h6-9H,5H2,1-4H3,(H2,14,17,18). The van der Waals surface area contributed by atoms with Crippen molar-refractivity contribution in [3.05, 3.63) is 29.3 Å². The third-order valence-electron chi connectivity index (χ3n) is 2.97. The molecule has 0 bridgehead atoms. The molecular formula is C13H20N2O3S. The maximum absolute atomic E-state index is 12.3. The Morgan fingerprint density at radius 3 is 2.37 bits per heavy atom. The highest BCUT2D eigenvalue weighted by Gasteiger charge is 2.20. The predicted octanol–water partition coefficient (Wildman–Crippen LogP) is 1.51. The zero-order valence-electron chi connectivity index (χ0n) is 11.7. The Morgan fingerprint density at radius 2 is 1.95 bits per heavy atom. The number of aryl methyl sites for hydroxylation is 1. The number of carbonyl (C=O) groups excluding carboxylic acids is 1. The molecule has 1 rings (SSSR count). The first-order valence-corrected chi connectivity index (χ1v) is 7.67. The zero-order valence-corrected chi connectivity index (χ0v) is 12.5.